The van der Waals surface area contributed by atoms with Gasteiger partial charge in [0.25, 0.3) is 5.91 Å². The van der Waals surface area contributed by atoms with Crippen LogP contribution >= 0.6 is 23.7 Å². The lowest BCUT2D eigenvalue weighted by atomic mass is 10.0. The number of benzene rings is 2. The molecule has 0 aliphatic carbocycles. The second kappa shape index (κ2) is 9.75. The zero-order valence-corrected chi connectivity index (χ0v) is 19.5. The van der Waals surface area contributed by atoms with E-state index in [1.807, 2.05) is 37.3 Å². The van der Waals surface area contributed by atoms with Gasteiger partial charge in [0.15, 0.2) is 5.78 Å². The molecule has 2 heterocycles. The topological polar surface area (TPSA) is 88.5 Å². The number of pyridine rings is 1. The van der Waals surface area contributed by atoms with Gasteiger partial charge in [-0.3, -0.25) is 9.59 Å². The highest BCUT2D eigenvalue weighted by atomic mass is 35.5. The first-order valence-corrected chi connectivity index (χ1v) is 10.6. The van der Waals surface area contributed by atoms with E-state index in [4.69, 9.17) is 4.74 Å². The van der Waals surface area contributed by atoms with Crippen LogP contribution in [-0.4, -0.2) is 28.9 Å². The summed E-state index contributed by atoms with van der Waals surface area (Å²) in [6, 6.07) is 12.7. The molecule has 2 aromatic heterocycles. The zero-order valence-electron chi connectivity index (χ0n) is 17.9. The first-order valence-electron chi connectivity index (χ1n) is 9.80. The molecule has 0 spiro atoms. The van der Waals surface area contributed by atoms with Gasteiger partial charge in [-0.25, -0.2) is 4.98 Å². The molecule has 0 radical (unpaired) electrons. The van der Waals surface area contributed by atoms with E-state index >= 15 is 0 Å². The van der Waals surface area contributed by atoms with Crippen molar-refractivity contribution in [1.29, 1.82) is 0 Å². The summed E-state index contributed by atoms with van der Waals surface area (Å²) in [5.41, 5.74) is 3.83. The molecule has 0 atom stereocenters. The Balaban J connectivity index is 0.00000289. The molecular formula is C24H23ClN2O4S. The van der Waals surface area contributed by atoms with E-state index in [9.17, 15) is 14.7 Å². The largest absolute Gasteiger partial charge is 0.392 e. The summed E-state index contributed by atoms with van der Waals surface area (Å²) in [5.74, 6) is 0.105. The number of ether oxygens (including phenoxy) is 1. The van der Waals surface area contributed by atoms with Crippen LogP contribution in [0.4, 0.5) is 5.82 Å². The van der Waals surface area contributed by atoms with Crippen LogP contribution in [-0.2, 0) is 18.0 Å². The molecule has 1 amide bonds. The Kier molecular flexibility index (Phi) is 7.26. The van der Waals surface area contributed by atoms with Gasteiger partial charge in [0.05, 0.1) is 23.6 Å². The molecule has 4 aromatic rings. The molecule has 0 saturated carbocycles. The number of ketones is 1. The predicted octanol–water partition coefficient (Wildman–Crippen LogP) is 5.27. The summed E-state index contributed by atoms with van der Waals surface area (Å²) in [5, 5.41) is 14.1. The van der Waals surface area contributed by atoms with Crippen LogP contribution in [0.5, 0.6) is 0 Å². The predicted molar refractivity (Wildman–Crippen MR) is 130 cm³/mol. The van der Waals surface area contributed by atoms with Crippen molar-refractivity contribution in [3.63, 3.8) is 0 Å². The highest BCUT2D eigenvalue weighted by Gasteiger charge is 2.21. The molecule has 8 heteroatoms. The maximum Gasteiger partial charge on any atom is 0.267 e. The molecular weight excluding hydrogens is 448 g/mol. The normalized spacial score (nSPS) is 10.9. The smallest absolute Gasteiger partial charge is 0.267 e. The fraction of sp³-hybridized carbons (Fsp3) is 0.208. The summed E-state index contributed by atoms with van der Waals surface area (Å²) in [4.78, 5) is 30.3. The maximum absolute atomic E-state index is 13.1. The van der Waals surface area contributed by atoms with Gasteiger partial charge in [-0.1, -0.05) is 18.2 Å². The van der Waals surface area contributed by atoms with Crippen molar-refractivity contribution in [3.05, 3.63) is 69.6 Å². The lowest BCUT2D eigenvalue weighted by molar-refractivity contribution is 0.101. The third-order valence-electron chi connectivity index (χ3n) is 5.28. The van der Waals surface area contributed by atoms with Crippen molar-refractivity contribution >= 4 is 62.2 Å². The number of anilines is 1. The molecule has 0 aliphatic rings. The molecule has 4 rings (SSSR count). The molecule has 0 unspecified atom stereocenters. The van der Waals surface area contributed by atoms with Gasteiger partial charge in [-0.05, 0) is 54.8 Å². The van der Waals surface area contributed by atoms with Gasteiger partial charge in [-0.15, -0.1) is 23.7 Å². The number of methoxy groups -OCH3 is 1. The van der Waals surface area contributed by atoms with Crippen LogP contribution in [0.2, 0.25) is 0 Å². The number of thiophene rings is 1. The number of nitrogens with one attached hydrogen (secondary N) is 1. The van der Waals surface area contributed by atoms with E-state index in [2.05, 4.69) is 10.3 Å². The minimum absolute atomic E-state index is 0. The average Bonchev–Trinajstić information content (AvgIpc) is 3.11. The summed E-state index contributed by atoms with van der Waals surface area (Å²) in [6.45, 7) is 3.73. The standard InChI is InChI=1S/C24H22N2O4S.ClH/c1-13-21-16(12-30-3)7-8-17(14(2)28)23(21)31-22(13)24(29)26-20-10-9-18-15(11-27)5-4-6-19(18)25-20;/h4-10,27H,11-12H2,1-3H3,(H,25,26,29);1H. The molecule has 6 nitrogen and oxygen atoms in total. The van der Waals surface area contributed by atoms with Crippen LogP contribution in [0.15, 0.2) is 42.5 Å². The quantitative estimate of drug-likeness (QED) is 0.374. The van der Waals surface area contributed by atoms with Crippen LogP contribution in [0, 0.1) is 6.92 Å². The van der Waals surface area contributed by atoms with Gasteiger partial charge in [0, 0.05) is 28.1 Å². The van der Waals surface area contributed by atoms with E-state index in [1.165, 1.54) is 18.3 Å². The Morgan fingerprint density at radius 2 is 1.91 bits per heavy atom. The second-order valence-electron chi connectivity index (χ2n) is 7.31. The Morgan fingerprint density at radius 3 is 2.59 bits per heavy atom. The van der Waals surface area contributed by atoms with Crippen LogP contribution in [0.1, 0.15) is 43.6 Å². The van der Waals surface area contributed by atoms with Crippen LogP contribution in [0.3, 0.4) is 0 Å². The van der Waals surface area contributed by atoms with Crippen molar-refractivity contribution in [3.8, 4) is 0 Å². The molecule has 0 aliphatic heterocycles. The highest BCUT2D eigenvalue weighted by Crippen LogP contribution is 2.37. The van der Waals surface area contributed by atoms with Crippen molar-refractivity contribution in [2.45, 2.75) is 27.1 Å². The maximum atomic E-state index is 13.1. The third kappa shape index (κ3) is 4.25. The number of hydrogen-bond acceptors (Lipinski definition) is 6. The van der Waals surface area contributed by atoms with Crippen molar-refractivity contribution in [1.82, 2.24) is 4.98 Å². The summed E-state index contributed by atoms with van der Waals surface area (Å²) < 4.78 is 6.10. The lowest BCUT2D eigenvalue weighted by Crippen LogP contribution is -2.12. The molecule has 32 heavy (non-hydrogen) atoms. The van der Waals surface area contributed by atoms with Gasteiger partial charge in [0.2, 0.25) is 0 Å². The van der Waals surface area contributed by atoms with Gasteiger partial charge in [-0.2, -0.15) is 0 Å². The molecule has 0 saturated heterocycles. The molecule has 2 aromatic carbocycles. The number of aromatic nitrogens is 1. The van der Waals surface area contributed by atoms with E-state index in [0.717, 1.165) is 32.2 Å². The van der Waals surface area contributed by atoms with Crippen molar-refractivity contribution in [2.24, 2.45) is 0 Å². The number of carbonyl (C=O) groups is 2. The first-order chi connectivity index (χ1) is 14.9. The second-order valence-corrected chi connectivity index (χ2v) is 8.33. The molecule has 2 N–H and O–H groups in total. The van der Waals surface area contributed by atoms with Gasteiger partial charge < -0.3 is 15.2 Å². The Labute approximate surface area is 195 Å². The number of amides is 1. The molecule has 166 valence electrons. The molecule has 0 bridgehead atoms. The molecule has 0 fully saturated rings. The number of hydrogen-bond donors (Lipinski definition) is 2. The fourth-order valence-corrected chi connectivity index (χ4v) is 5.11. The number of aliphatic hydroxyl groups is 1. The minimum atomic E-state index is -0.276. The number of rotatable bonds is 6. The van der Waals surface area contributed by atoms with Gasteiger partial charge >= 0.3 is 0 Å². The lowest BCUT2D eigenvalue weighted by Gasteiger charge is -2.08. The number of halogens is 1. The number of Topliss-reactive ketones (excluding diaryl/α,β-unsaturated/α-hetero) is 1. The van der Waals surface area contributed by atoms with E-state index in [0.29, 0.717) is 28.4 Å². The summed E-state index contributed by atoms with van der Waals surface area (Å²) in [6.07, 6.45) is 0. The monoisotopic (exact) mass is 470 g/mol. The fourth-order valence-electron chi connectivity index (χ4n) is 3.80. The van der Waals surface area contributed by atoms with Crippen LogP contribution in [0.25, 0.3) is 21.0 Å². The van der Waals surface area contributed by atoms with Gasteiger partial charge in [0.1, 0.15) is 5.82 Å². The summed E-state index contributed by atoms with van der Waals surface area (Å²) in [7, 11) is 1.62. The number of nitrogens with zero attached hydrogens (tertiary/aromatic N) is 1. The first kappa shape index (κ1) is 23.8. The average molecular weight is 471 g/mol. The highest BCUT2D eigenvalue weighted by molar-refractivity contribution is 7.21. The van der Waals surface area contributed by atoms with E-state index in [1.54, 1.807) is 19.2 Å². The number of aliphatic hydroxyl groups excluding tert-OH is 1. The third-order valence-corrected chi connectivity index (χ3v) is 6.61. The Hall–Kier alpha value is -2.84. The number of carbonyl (C=O) groups excluding carboxylic acids is 2. The van der Waals surface area contributed by atoms with Crippen LogP contribution < -0.4 is 5.32 Å². The number of fused-ring (bicyclic) bond motifs is 2. The van der Waals surface area contributed by atoms with E-state index < -0.39 is 0 Å². The Bertz CT molecular complexity index is 1330. The summed E-state index contributed by atoms with van der Waals surface area (Å²) >= 11 is 1.31. The zero-order chi connectivity index (χ0) is 22.1. The van der Waals surface area contributed by atoms with Crippen molar-refractivity contribution in [2.75, 3.05) is 12.4 Å². The van der Waals surface area contributed by atoms with E-state index in [-0.39, 0.29) is 30.7 Å². The van der Waals surface area contributed by atoms with Crippen molar-refractivity contribution < 1.29 is 19.4 Å². The number of aryl methyl sites for hydroxylation is 1. The SMILES string of the molecule is COCc1ccc(C(C)=O)c2sc(C(=O)Nc3ccc4c(CO)cccc4n3)c(C)c12.Cl. The Morgan fingerprint density at radius 1 is 1.12 bits per heavy atom. The minimum Gasteiger partial charge on any atom is -0.392 e.